The van der Waals surface area contributed by atoms with E-state index in [1.54, 1.807) is 18.3 Å². The number of imidazole rings is 1. The number of aliphatic hydroxyl groups excluding tert-OH is 1. The van der Waals surface area contributed by atoms with Crippen LogP contribution in [0.3, 0.4) is 0 Å². The van der Waals surface area contributed by atoms with Crippen LogP contribution in [0, 0.1) is 5.41 Å². The maximum atomic E-state index is 11.9. The fourth-order valence-corrected chi connectivity index (χ4v) is 3.02. The number of nitrogens with one attached hydrogen (secondary N) is 1. The SMILES string of the molecule is CC(O)CC(C)(C)CNC(=O)Cc1cn2ccsc2n1. The lowest BCUT2D eigenvalue weighted by Gasteiger charge is -2.26. The fraction of sp³-hybridized carbons (Fsp3) is 0.571. The van der Waals surface area contributed by atoms with Crippen LogP contribution in [0.15, 0.2) is 17.8 Å². The maximum Gasteiger partial charge on any atom is 0.226 e. The Morgan fingerprint density at radius 1 is 1.60 bits per heavy atom. The molecule has 0 bridgehead atoms. The smallest absolute Gasteiger partial charge is 0.226 e. The van der Waals surface area contributed by atoms with Crippen LogP contribution in [-0.2, 0) is 11.2 Å². The van der Waals surface area contributed by atoms with Gasteiger partial charge in [0.2, 0.25) is 5.91 Å². The molecule has 110 valence electrons. The molecule has 0 fully saturated rings. The molecule has 1 atom stereocenters. The van der Waals surface area contributed by atoms with Crippen LogP contribution in [0.1, 0.15) is 32.9 Å². The van der Waals surface area contributed by atoms with E-state index in [2.05, 4.69) is 10.3 Å². The monoisotopic (exact) mass is 295 g/mol. The molecule has 2 heterocycles. The third kappa shape index (κ3) is 4.05. The second-order valence-corrected chi connectivity index (χ2v) is 6.87. The van der Waals surface area contributed by atoms with E-state index < -0.39 is 0 Å². The summed E-state index contributed by atoms with van der Waals surface area (Å²) < 4.78 is 1.92. The van der Waals surface area contributed by atoms with Crippen molar-refractivity contribution < 1.29 is 9.90 Å². The van der Waals surface area contributed by atoms with Crippen molar-refractivity contribution in [1.82, 2.24) is 14.7 Å². The zero-order chi connectivity index (χ0) is 14.8. The number of hydrogen-bond donors (Lipinski definition) is 2. The molecule has 1 unspecified atom stereocenters. The van der Waals surface area contributed by atoms with Gasteiger partial charge in [0.15, 0.2) is 4.96 Å². The summed E-state index contributed by atoms with van der Waals surface area (Å²) in [4.78, 5) is 17.2. The Labute approximate surface area is 122 Å². The fourth-order valence-electron chi connectivity index (χ4n) is 2.30. The molecule has 0 aliphatic rings. The van der Waals surface area contributed by atoms with E-state index in [4.69, 9.17) is 0 Å². The highest BCUT2D eigenvalue weighted by atomic mass is 32.1. The highest BCUT2D eigenvalue weighted by molar-refractivity contribution is 7.15. The van der Waals surface area contributed by atoms with E-state index in [1.807, 2.05) is 36.0 Å². The number of nitrogens with zero attached hydrogens (tertiary/aromatic N) is 2. The normalized spacial score (nSPS) is 13.6. The maximum absolute atomic E-state index is 11.9. The van der Waals surface area contributed by atoms with Gasteiger partial charge in [-0.05, 0) is 18.8 Å². The van der Waals surface area contributed by atoms with E-state index in [-0.39, 0.29) is 17.4 Å². The molecule has 1 amide bonds. The summed E-state index contributed by atoms with van der Waals surface area (Å²) in [6.07, 6.45) is 4.40. The van der Waals surface area contributed by atoms with Crippen molar-refractivity contribution >= 4 is 22.2 Å². The topological polar surface area (TPSA) is 66.6 Å². The first kappa shape index (κ1) is 15.0. The van der Waals surface area contributed by atoms with Crippen LogP contribution in [0.25, 0.3) is 4.96 Å². The van der Waals surface area contributed by atoms with Crippen molar-refractivity contribution in [2.45, 2.75) is 39.7 Å². The van der Waals surface area contributed by atoms with Crippen molar-refractivity contribution in [2.24, 2.45) is 5.41 Å². The predicted octanol–water partition coefficient (Wildman–Crippen LogP) is 1.85. The number of aromatic nitrogens is 2. The Kier molecular flexibility index (Phi) is 4.45. The predicted molar refractivity (Wildman–Crippen MR) is 79.9 cm³/mol. The van der Waals surface area contributed by atoms with E-state index >= 15 is 0 Å². The number of fused-ring (bicyclic) bond motifs is 1. The first-order chi connectivity index (χ1) is 9.35. The van der Waals surface area contributed by atoms with E-state index in [0.717, 1.165) is 10.7 Å². The zero-order valence-corrected chi connectivity index (χ0v) is 12.9. The number of amides is 1. The second-order valence-electron chi connectivity index (χ2n) is 6.00. The molecule has 0 aromatic carbocycles. The van der Waals surface area contributed by atoms with Crippen molar-refractivity contribution in [3.8, 4) is 0 Å². The van der Waals surface area contributed by atoms with Gasteiger partial charge < -0.3 is 10.4 Å². The number of thiazole rings is 1. The van der Waals surface area contributed by atoms with Gasteiger partial charge in [0.25, 0.3) is 0 Å². The van der Waals surface area contributed by atoms with Gasteiger partial charge in [0.05, 0.1) is 18.2 Å². The summed E-state index contributed by atoms with van der Waals surface area (Å²) in [7, 11) is 0. The molecule has 0 spiro atoms. The molecule has 20 heavy (non-hydrogen) atoms. The minimum Gasteiger partial charge on any atom is -0.393 e. The van der Waals surface area contributed by atoms with Gasteiger partial charge >= 0.3 is 0 Å². The molecule has 2 N–H and O–H groups in total. The van der Waals surface area contributed by atoms with Crippen molar-refractivity contribution in [1.29, 1.82) is 0 Å². The summed E-state index contributed by atoms with van der Waals surface area (Å²) in [6.45, 7) is 6.39. The Bertz CT molecular complexity index is 558. The molecule has 5 nitrogen and oxygen atoms in total. The van der Waals surface area contributed by atoms with Crippen LogP contribution in [-0.4, -0.2) is 33.0 Å². The van der Waals surface area contributed by atoms with Gasteiger partial charge in [-0.15, -0.1) is 11.3 Å². The van der Waals surface area contributed by atoms with Gasteiger partial charge in [-0.2, -0.15) is 0 Å². The van der Waals surface area contributed by atoms with E-state index in [9.17, 15) is 9.90 Å². The van der Waals surface area contributed by atoms with Crippen molar-refractivity contribution in [2.75, 3.05) is 6.54 Å². The minimum absolute atomic E-state index is 0.0329. The molecule has 2 aromatic rings. The number of hydrogen-bond acceptors (Lipinski definition) is 4. The standard InChI is InChI=1S/C14H21N3O2S/c1-10(18)7-14(2,3)9-15-12(19)6-11-8-17-4-5-20-13(17)16-11/h4-5,8,10,18H,6-7,9H2,1-3H3,(H,15,19). The Hall–Kier alpha value is -1.40. The van der Waals surface area contributed by atoms with Crippen molar-refractivity contribution in [3.63, 3.8) is 0 Å². The third-order valence-electron chi connectivity index (χ3n) is 3.10. The molecule has 0 aliphatic heterocycles. The molecule has 6 heteroatoms. The number of aliphatic hydroxyl groups is 1. The number of rotatable bonds is 6. The highest BCUT2D eigenvalue weighted by Crippen LogP contribution is 2.21. The first-order valence-electron chi connectivity index (χ1n) is 6.71. The van der Waals surface area contributed by atoms with Crippen LogP contribution in [0.2, 0.25) is 0 Å². The Morgan fingerprint density at radius 3 is 3.00 bits per heavy atom. The van der Waals surface area contributed by atoms with Gasteiger partial charge in [-0.1, -0.05) is 13.8 Å². The largest absolute Gasteiger partial charge is 0.393 e. The Morgan fingerprint density at radius 2 is 2.35 bits per heavy atom. The van der Waals surface area contributed by atoms with Gasteiger partial charge in [-0.3, -0.25) is 9.20 Å². The summed E-state index contributed by atoms with van der Waals surface area (Å²) in [5.41, 5.74) is 0.668. The average Bonchev–Trinajstić information content (AvgIpc) is 2.85. The average molecular weight is 295 g/mol. The van der Waals surface area contributed by atoms with Gasteiger partial charge in [0, 0.05) is 24.3 Å². The summed E-state index contributed by atoms with van der Waals surface area (Å²) in [6, 6.07) is 0. The first-order valence-corrected chi connectivity index (χ1v) is 7.59. The molecular weight excluding hydrogens is 274 g/mol. The number of carbonyl (C=O) groups is 1. The summed E-state index contributed by atoms with van der Waals surface area (Å²) in [5, 5.41) is 14.3. The van der Waals surface area contributed by atoms with Gasteiger partial charge in [-0.25, -0.2) is 4.98 Å². The third-order valence-corrected chi connectivity index (χ3v) is 3.87. The molecule has 0 saturated carbocycles. The molecule has 0 radical (unpaired) electrons. The molecular formula is C14H21N3O2S. The summed E-state index contributed by atoms with van der Waals surface area (Å²) >= 11 is 1.55. The highest BCUT2D eigenvalue weighted by Gasteiger charge is 2.21. The quantitative estimate of drug-likeness (QED) is 0.854. The second kappa shape index (κ2) is 5.93. The summed E-state index contributed by atoms with van der Waals surface area (Å²) in [5.74, 6) is -0.0329. The minimum atomic E-state index is -0.359. The molecule has 2 aromatic heterocycles. The Balaban J connectivity index is 1.85. The van der Waals surface area contributed by atoms with Crippen molar-refractivity contribution in [3.05, 3.63) is 23.5 Å². The lowest BCUT2D eigenvalue weighted by molar-refractivity contribution is -0.121. The lowest BCUT2D eigenvalue weighted by atomic mass is 9.87. The molecule has 2 rings (SSSR count). The zero-order valence-electron chi connectivity index (χ0n) is 12.1. The lowest BCUT2D eigenvalue weighted by Crippen LogP contribution is -2.36. The molecule has 0 saturated heterocycles. The van der Waals surface area contributed by atoms with Crippen LogP contribution in [0.4, 0.5) is 0 Å². The van der Waals surface area contributed by atoms with E-state index in [0.29, 0.717) is 19.4 Å². The number of carbonyl (C=O) groups excluding carboxylic acids is 1. The van der Waals surface area contributed by atoms with E-state index in [1.165, 1.54) is 0 Å². The van der Waals surface area contributed by atoms with Gasteiger partial charge in [0.1, 0.15) is 0 Å². The van der Waals surface area contributed by atoms with Crippen LogP contribution >= 0.6 is 11.3 Å². The van der Waals surface area contributed by atoms with Crippen LogP contribution in [0.5, 0.6) is 0 Å². The van der Waals surface area contributed by atoms with Crippen LogP contribution < -0.4 is 5.32 Å². The molecule has 0 aliphatic carbocycles.